The summed E-state index contributed by atoms with van der Waals surface area (Å²) in [6.07, 6.45) is 0. The van der Waals surface area contributed by atoms with E-state index in [0.717, 1.165) is 82.9 Å². The molecule has 0 saturated heterocycles. The highest BCUT2D eigenvalue weighted by Gasteiger charge is 2.19. The van der Waals surface area contributed by atoms with Gasteiger partial charge in [-0.2, -0.15) is 0 Å². The van der Waals surface area contributed by atoms with E-state index in [4.69, 9.17) is 19.4 Å². The zero-order chi connectivity index (χ0) is 43.6. The topological polar surface area (TPSA) is 56.7 Å². The van der Waals surface area contributed by atoms with Crippen molar-refractivity contribution in [3.8, 4) is 73.2 Å². The number of rotatable bonds is 7. The van der Waals surface area contributed by atoms with E-state index < -0.39 is 0 Å². The highest BCUT2D eigenvalue weighted by atomic mass is 16.3. The smallest absolute Gasteiger partial charge is 0.164 e. The zero-order valence-corrected chi connectivity index (χ0v) is 35.6. The third-order valence-electron chi connectivity index (χ3n) is 12.9. The normalized spacial score (nSPS) is 11.6. The van der Waals surface area contributed by atoms with Crippen LogP contribution < -0.4 is 0 Å². The van der Waals surface area contributed by atoms with Gasteiger partial charge in [0.05, 0.1) is 11.0 Å². The van der Waals surface area contributed by atoms with Crippen molar-refractivity contribution in [1.29, 1.82) is 0 Å². The van der Waals surface area contributed by atoms with E-state index in [1.165, 1.54) is 27.4 Å². The Morgan fingerprint density at radius 1 is 0.303 bits per heavy atom. The summed E-state index contributed by atoms with van der Waals surface area (Å²) in [5.41, 5.74) is 15.0. The molecule has 5 heteroatoms. The Hall–Kier alpha value is -8.93. The highest BCUT2D eigenvalue weighted by molar-refractivity contribution is 6.22. The minimum atomic E-state index is 0.636. The van der Waals surface area contributed by atoms with Crippen LogP contribution in [0.25, 0.3) is 128 Å². The van der Waals surface area contributed by atoms with Crippen molar-refractivity contribution in [2.45, 2.75) is 0 Å². The van der Waals surface area contributed by atoms with Gasteiger partial charge in [-0.3, -0.25) is 0 Å². The first-order valence-electron chi connectivity index (χ1n) is 22.3. The third kappa shape index (κ3) is 6.28. The molecule has 0 aliphatic carbocycles. The molecule has 5 nitrogen and oxygen atoms in total. The summed E-state index contributed by atoms with van der Waals surface area (Å²) in [7, 11) is 0. The lowest BCUT2D eigenvalue weighted by molar-refractivity contribution is 0.673. The van der Waals surface area contributed by atoms with Crippen LogP contribution in [0.2, 0.25) is 0 Å². The fourth-order valence-electron chi connectivity index (χ4n) is 9.71. The van der Waals surface area contributed by atoms with Crippen LogP contribution in [0.15, 0.2) is 235 Å². The monoisotopic (exact) mass is 842 g/mol. The molecule has 0 atom stereocenters. The molecule has 0 fully saturated rings. The fraction of sp³-hybridized carbons (Fsp3) is 0. The number of aromatic nitrogens is 4. The largest absolute Gasteiger partial charge is 0.455 e. The van der Waals surface area contributed by atoms with Crippen molar-refractivity contribution >= 4 is 54.5 Å². The van der Waals surface area contributed by atoms with Gasteiger partial charge < -0.3 is 8.98 Å². The lowest BCUT2D eigenvalue weighted by atomic mass is 9.93. The van der Waals surface area contributed by atoms with E-state index in [1.54, 1.807) is 0 Å². The van der Waals surface area contributed by atoms with Crippen molar-refractivity contribution in [3.63, 3.8) is 0 Å². The minimum absolute atomic E-state index is 0.636. The number of furan rings is 1. The summed E-state index contributed by atoms with van der Waals surface area (Å²) < 4.78 is 9.12. The van der Waals surface area contributed by atoms with Crippen LogP contribution in [0, 0.1) is 0 Å². The van der Waals surface area contributed by atoms with E-state index in [1.807, 2.05) is 60.7 Å². The van der Waals surface area contributed by atoms with E-state index in [9.17, 15) is 0 Å². The van der Waals surface area contributed by atoms with Crippen LogP contribution in [-0.4, -0.2) is 19.5 Å². The van der Waals surface area contributed by atoms with Gasteiger partial charge in [-0.25, -0.2) is 15.0 Å². The molecule has 3 aromatic heterocycles. The second-order valence-corrected chi connectivity index (χ2v) is 16.7. The number of benzene rings is 10. The summed E-state index contributed by atoms with van der Waals surface area (Å²) in [6, 6.07) is 81.1. The second-order valence-electron chi connectivity index (χ2n) is 16.7. The molecule has 0 bridgehead atoms. The van der Waals surface area contributed by atoms with Crippen LogP contribution in [0.4, 0.5) is 0 Å². The first-order valence-corrected chi connectivity index (χ1v) is 22.3. The average molecular weight is 843 g/mol. The Kier molecular flexibility index (Phi) is 8.78. The first-order chi connectivity index (χ1) is 32.7. The van der Waals surface area contributed by atoms with Crippen molar-refractivity contribution in [1.82, 2.24) is 19.5 Å². The van der Waals surface area contributed by atoms with E-state index in [-0.39, 0.29) is 0 Å². The number of fused-ring (bicyclic) bond motifs is 8. The molecule has 0 unspecified atom stereocenters. The van der Waals surface area contributed by atoms with Crippen molar-refractivity contribution in [2.24, 2.45) is 0 Å². The van der Waals surface area contributed by atoms with Gasteiger partial charge in [-0.05, 0) is 75.2 Å². The molecule has 0 aliphatic rings. The summed E-state index contributed by atoms with van der Waals surface area (Å²) in [6.45, 7) is 0. The van der Waals surface area contributed by atoms with Gasteiger partial charge in [-0.1, -0.05) is 194 Å². The summed E-state index contributed by atoms with van der Waals surface area (Å²) >= 11 is 0. The Bertz CT molecular complexity index is 3840. The predicted octanol–water partition coefficient (Wildman–Crippen LogP) is 16.0. The average Bonchev–Trinajstić information content (AvgIpc) is 3.95. The van der Waals surface area contributed by atoms with Gasteiger partial charge in [0.1, 0.15) is 11.2 Å². The SMILES string of the molecule is c1ccc(-c2nc(-c3ccccc3)nc(-c3ccc(-c4ccc(-c5cccc6oc7c8ccccc8c(-c8ccc(-n9c%10ccccc%10c%10ccccc%109)cc8)cc7c56)cc4)cc3)n2)cc1. The third-order valence-corrected chi connectivity index (χ3v) is 12.9. The first kappa shape index (κ1) is 37.6. The molecule has 0 radical (unpaired) electrons. The van der Waals surface area contributed by atoms with Crippen LogP contribution in [0.3, 0.4) is 0 Å². The van der Waals surface area contributed by atoms with Crippen LogP contribution in [0.1, 0.15) is 0 Å². The number of para-hydroxylation sites is 2. The van der Waals surface area contributed by atoms with Crippen molar-refractivity contribution in [2.75, 3.05) is 0 Å². The molecule has 3 heterocycles. The van der Waals surface area contributed by atoms with Crippen LogP contribution in [0.5, 0.6) is 0 Å². The van der Waals surface area contributed by atoms with Crippen molar-refractivity contribution in [3.05, 3.63) is 231 Å². The molecule has 0 spiro atoms. The molecule has 66 heavy (non-hydrogen) atoms. The highest BCUT2D eigenvalue weighted by Crippen LogP contribution is 2.44. The van der Waals surface area contributed by atoms with Gasteiger partial charge in [0.15, 0.2) is 17.5 Å². The molecular weight excluding hydrogens is 805 g/mol. The molecule has 13 rings (SSSR count). The van der Waals surface area contributed by atoms with Gasteiger partial charge in [0, 0.05) is 49.3 Å². The summed E-state index contributed by atoms with van der Waals surface area (Å²) in [4.78, 5) is 14.7. The van der Waals surface area contributed by atoms with E-state index >= 15 is 0 Å². The van der Waals surface area contributed by atoms with Gasteiger partial charge in [-0.15, -0.1) is 0 Å². The van der Waals surface area contributed by atoms with Gasteiger partial charge >= 0.3 is 0 Å². The lowest BCUT2D eigenvalue weighted by Gasteiger charge is -2.12. The maximum absolute atomic E-state index is 6.76. The summed E-state index contributed by atoms with van der Waals surface area (Å²) in [5.74, 6) is 1.93. The lowest BCUT2D eigenvalue weighted by Crippen LogP contribution is -2.00. The molecule has 0 saturated carbocycles. The standard InChI is InChI=1S/C61H38N4O/c1-3-14-43(15-4-1)59-62-60(44-16-5-2-6-17-44)64-61(63-59)45-32-28-40(29-33-45)39-26-30-41(31-27-39)47-22-13-25-56-57(47)53-38-52(48-18-7-8-21-51(48)58(53)66-56)42-34-36-46(37-35-42)65-54-23-11-9-19-49(54)50-20-10-12-24-55(50)65/h1-38H. The Balaban J connectivity index is 0.856. The zero-order valence-electron chi connectivity index (χ0n) is 35.6. The predicted molar refractivity (Wildman–Crippen MR) is 272 cm³/mol. The van der Waals surface area contributed by atoms with Gasteiger partial charge in [0.2, 0.25) is 0 Å². The Labute approximate surface area is 380 Å². The minimum Gasteiger partial charge on any atom is -0.455 e. The van der Waals surface area contributed by atoms with Crippen LogP contribution >= 0.6 is 0 Å². The molecule has 0 N–H and O–H groups in total. The summed E-state index contributed by atoms with van der Waals surface area (Å²) in [5, 5.41) is 6.99. The quantitative estimate of drug-likeness (QED) is 0.160. The maximum atomic E-state index is 6.76. The fourth-order valence-corrected chi connectivity index (χ4v) is 9.71. The van der Waals surface area contributed by atoms with Crippen molar-refractivity contribution < 1.29 is 4.42 Å². The molecule has 308 valence electrons. The Morgan fingerprint density at radius 2 is 0.742 bits per heavy atom. The molecule has 10 aromatic carbocycles. The van der Waals surface area contributed by atoms with Crippen LogP contribution in [-0.2, 0) is 0 Å². The van der Waals surface area contributed by atoms with E-state index in [0.29, 0.717) is 17.5 Å². The van der Waals surface area contributed by atoms with E-state index in [2.05, 4.69) is 174 Å². The molecule has 0 aliphatic heterocycles. The second kappa shape index (κ2) is 15.4. The molecule has 13 aromatic rings. The van der Waals surface area contributed by atoms with Gasteiger partial charge in [0.25, 0.3) is 0 Å². The number of hydrogen-bond donors (Lipinski definition) is 0. The maximum Gasteiger partial charge on any atom is 0.164 e. The number of nitrogens with zero attached hydrogens (tertiary/aromatic N) is 4. The molecular formula is C61H38N4O. The molecule has 0 amide bonds. The number of hydrogen-bond acceptors (Lipinski definition) is 4. The Morgan fingerprint density at radius 3 is 1.32 bits per heavy atom.